The topological polar surface area (TPSA) is 12.0 Å². The SMILES string of the molecule is Clc1cccc(C2CCNC2)c1. The van der Waals surface area contributed by atoms with E-state index < -0.39 is 0 Å². The molecule has 1 aliphatic heterocycles. The Morgan fingerprint density at radius 2 is 2.33 bits per heavy atom. The van der Waals surface area contributed by atoms with Crippen molar-refractivity contribution in [3.05, 3.63) is 34.9 Å². The van der Waals surface area contributed by atoms with Crippen LogP contribution in [-0.4, -0.2) is 13.1 Å². The molecule has 0 radical (unpaired) electrons. The smallest absolute Gasteiger partial charge is 0.0408 e. The van der Waals surface area contributed by atoms with Crippen LogP contribution in [0.3, 0.4) is 0 Å². The molecule has 1 aromatic rings. The lowest BCUT2D eigenvalue weighted by molar-refractivity contribution is 0.763. The molecule has 64 valence electrons. The highest BCUT2D eigenvalue weighted by atomic mass is 35.5. The molecule has 1 unspecified atom stereocenters. The Bertz CT molecular complexity index is 266. The number of hydrogen-bond donors (Lipinski definition) is 1. The predicted molar refractivity (Wildman–Crippen MR) is 51.7 cm³/mol. The third-order valence-corrected chi connectivity index (χ3v) is 2.62. The van der Waals surface area contributed by atoms with E-state index in [1.54, 1.807) is 0 Å². The van der Waals surface area contributed by atoms with Crippen molar-refractivity contribution in [3.8, 4) is 0 Å². The van der Waals surface area contributed by atoms with Crippen LogP contribution in [-0.2, 0) is 0 Å². The van der Waals surface area contributed by atoms with Gasteiger partial charge < -0.3 is 5.32 Å². The van der Waals surface area contributed by atoms with Gasteiger partial charge in [0.15, 0.2) is 0 Å². The lowest BCUT2D eigenvalue weighted by Gasteiger charge is -2.07. The summed E-state index contributed by atoms with van der Waals surface area (Å²) >= 11 is 5.90. The molecule has 1 fully saturated rings. The van der Waals surface area contributed by atoms with Crippen molar-refractivity contribution in [2.24, 2.45) is 0 Å². The molecule has 1 saturated heterocycles. The van der Waals surface area contributed by atoms with Gasteiger partial charge in [-0.25, -0.2) is 0 Å². The lowest BCUT2D eigenvalue weighted by Crippen LogP contribution is -2.07. The molecule has 0 saturated carbocycles. The Morgan fingerprint density at radius 1 is 1.42 bits per heavy atom. The van der Waals surface area contributed by atoms with E-state index >= 15 is 0 Å². The molecule has 2 heteroatoms. The fourth-order valence-electron chi connectivity index (χ4n) is 1.70. The van der Waals surface area contributed by atoms with Crippen molar-refractivity contribution < 1.29 is 0 Å². The molecular weight excluding hydrogens is 170 g/mol. The van der Waals surface area contributed by atoms with E-state index in [0.29, 0.717) is 5.92 Å². The van der Waals surface area contributed by atoms with Crippen molar-refractivity contribution in [1.82, 2.24) is 5.32 Å². The molecule has 0 aromatic heterocycles. The first-order valence-corrected chi connectivity index (χ1v) is 4.70. The Hall–Kier alpha value is -0.530. The molecule has 0 bridgehead atoms. The molecule has 1 aliphatic rings. The van der Waals surface area contributed by atoms with Gasteiger partial charge in [-0.1, -0.05) is 23.7 Å². The molecular formula is C10H12ClN. The summed E-state index contributed by atoms with van der Waals surface area (Å²) in [5, 5.41) is 4.19. The van der Waals surface area contributed by atoms with E-state index in [1.807, 2.05) is 12.1 Å². The second-order valence-corrected chi connectivity index (χ2v) is 3.68. The minimum atomic E-state index is 0.670. The van der Waals surface area contributed by atoms with Gasteiger partial charge in [0, 0.05) is 11.6 Å². The van der Waals surface area contributed by atoms with Crippen molar-refractivity contribution in [3.63, 3.8) is 0 Å². The average Bonchev–Trinajstić information content (AvgIpc) is 2.56. The summed E-state index contributed by atoms with van der Waals surface area (Å²) in [6.45, 7) is 2.23. The largest absolute Gasteiger partial charge is 0.316 e. The maximum Gasteiger partial charge on any atom is 0.0408 e. The highest BCUT2D eigenvalue weighted by Gasteiger charge is 2.15. The van der Waals surface area contributed by atoms with Crippen LogP contribution < -0.4 is 5.32 Å². The molecule has 1 N–H and O–H groups in total. The zero-order valence-corrected chi connectivity index (χ0v) is 7.64. The Labute approximate surface area is 77.7 Å². The van der Waals surface area contributed by atoms with Crippen LogP contribution in [0.1, 0.15) is 17.9 Å². The summed E-state index contributed by atoms with van der Waals surface area (Å²) in [6, 6.07) is 8.17. The number of halogens is 1. The zero-order valence-electron chi connectivity index (χ0n) is 6.89. The van der Waals surface area contributed by atoms with Crippen LogP contribution >= 0.6 is 11.6 Å². The fourth-order valence-corrected chi connectivity index (χ4v) is 1.90. The Balaban J connectivity index is 2.21. The third-order valence-electron chi connectivity index (χ3n) is 2.38. The standard InChI is InChI=1S/C10H12ClN/c11-10-3-1-2-8(6-10)9-4-5-12-7-9/h1-3,6,9,12H,4-5,7H2. The van der Waals surface area contributed by atoms with Crippen molar-refractivity contribution in [2.75, 3.05) is 13.1 Å². The summed E-state index contributed by atoms with van der Waals surface area (Å²) in [7, 11) is 0. The van der Waals surface area contributed by atoms with E-state index in [0.717, 1.165) is 18.1 Å². The van der Waals surface area contributed by atoms with Gasteiger partial charge in [0.25, 0.3) is 0 Å². The van der Waals surface area contributed by atoms with Crippen LogP contribution in [0.4, 0.5) is 0 Å². The quantitative estimate of drug-likeness (QED) is 0.702. The van der Waals surface area contributed by atoms with Gasteiger partial charge in [0.1, 0.15) is 0 Å². The maximum atomic E-state index is 5.90. The predicted octanol–water partition coefficient (Wildman–Crippen LogP) is 2.42. The van der Waals surface area contributed by atoms with Gasteiger partial charge in [-0.15, -0.1) is 0 Å². The average molecular weight is 182 g/mol. The molecule has 1 nitrogen and oxygen atoms in total. The van der Waals surface area contributed by atoms with Gasteiger partial charge in [-0.2, -0.15) is 0 Å². The van der Waals surface area contributed by atoms with E-state index in [4.69, 9.17) is 11.6 Å². The maximum absolute atomic E-state index is 5.90. The second-order valence-electron chi connectivity index (χ2n) is 3.24. The number of benzene rings is 1. The van der Waals surface area contributed by atoms with E-state index in [-0.39, 0.29) is 0 Å². The molecule has 0 amide bonds. The molecule has 0 aliphatic carbocycles. The van der Waals surface area contributed by atoms with Crippen LogP contribution in [0.5, 0.6) is 0 Å². The molecule has 12 heavy (non-hydrogen) atoms. The van der Waals surface area contributed by atoms with Crippen LogP contribution in [0.25, 0.3) is 0 Å². The highest BCUT2D eigenvalue weighted by Crippen LogP contribution is 2.24. The molecule has 1 heterocycles. The molecule has 1 aromatic carbocycles. The summed E-state index contributed by atoms with van der Waals surface area (Å²) in [5.41, 5.74) is 1.37. The monoisotopic (exact) mass is 181 g/mol. The minimum Gasteiger partial charge on any atom is -0.316 e. The van der Waals surface area contributed by atoms with Crippen LogP contribution in [0, 0.1) is 0 Å². The van der Waals surface area contributed by atoms with Gasteiger partial charge in [0.05, 0.1) is 0 Å². The van der Waals surface area contributed by atoms with E-state index in [2.05, 4.69) is 17.4 Å². The minimum absolute atomic E-state index is 0.670. The summed E-state index contributed by atoms with van der Waals surface area (Å²) in [6.07, 6.45) is 1.24. The first kappa shape index (κ1) is 8.09. The first-order chi connectivity index (χ1) is 5.86. The number of nitrogens with one attached hydrogen (secondary N) is 1. The fraction of sp³-hybridized carbons (Fsp3) is 0.400. The first-order valence-electron chi connectivity index (χ1n) is 4.32. The summed E-state index contributed by atoms with van der Waals surface area (Å²) < 4.78 is 0. The van der Waals surface area contributed by atoms with Gasteiger partial charge in [-0.05, 0) is 36.6 Å². The molecule has 1 atom stereocenters. The van der Waals surface area contributed by atoms with Gasteiger partial charge in [0.2, 0.25) is 0 Å². The van der Waals surface area contributed by atoms with E-state index in [9.17, 15) is 0 Å². The van der Waals surface area contributed by atoms with Crippen molar-refractivity contribution in [1.29, 1.82) is 0 Å². The third kappa shape index (κ3) is 1.62. The van der Waals surface area contributed by atoms with Crippen LogP contribution in [0.15, 0.2) is 24.3 Å². The summed E-state index contributed by atoms with van der Waals surface area (Å²) in [4.78, 5) is 0. The van der Waals surface area contributed by atoms with Gasteiger partial charge in [-0.3, -0.25) is 0 Å². The van der Waals surface area contributed by atoms with Gasteiger partial charge >= 0.3 is 0 Å². The van der Waals surface area contributed by atoms with Crippen molar-refractivity contribution in [2.45, 2.75) is 12.3 Å². The summed E-state index contributed by atoms with van der Waals surface area (Å²) in [5.74, 6) is 0.670. The molecule has 2 rings (SSSR count). The normalized spacial score (nSPS) is 22.9. The second kappa shape index (κ2) is 3.46. The number of rotatable bonds is 1. The molecule has 0 spiro atoms. The Kier molecular flexibility index (Phi) is 2.33. The van der Waals surface area contributed by atoms with E-state index in [1.165, 1.54) is 12.0 Å². The highest BCUT2D eigenvalue weighted by molar-refractivity contribution is 6.30. The number of hydrogen-bond acceptors (Lipinski definition) is 1. The van der Waals surface area contributed by atoms with Crippen molar-refractivity contribution >= 4 is 11.6 Å². The zero-order chi connectivity index (χ0) is 8.39. The van der Waals surface area contributed by atoms with Crippen LogP contribution in [0.2, 0.25) is 5.02 Å². The lowest BCUT2D eigenvalue weighted by atomic mass is 9.99. The Morgan fingerprint density at radius 3 is 3.00 bits per heavy atom.